The van der Waals surface area contributed by atoms with Gasteiger partial charge >= 0.3 is 5.97 Å². The Morgan fingerprint density at radius 1 is 1.56 bits per heavy atom. The quantitative estimate of drug-likeness (QED) is 0.847. The highest BCUT2D eigenvalue weighted by Crippen LogP contribution is 2.18. The molecule has 1 atom stereocenters. The molecule has 0 aliphatic carbocycles. The SMILES string of the molecule is CCC(C)(NC(=O)c1sccc1C)C(=O)O. The normalized spacial score (nSPS) is 14.2. The Balaban J connectivity index is 2.86. The van der Waals surface area contributed by atoms with Crippen molar-refractivity contribution in [1.82, 2.24) is 5.32 Å². The average molecular weight is 241 g/mol. The molecule has 1 aromatic rings. The van der Waals surface area contributed by atoms with Gasteiger partial charge in [0.05, 0.1) is 4.88 Å². The van der Waals surface area contributed by atoms with E-state index in [-0.39, 0.29) is 5.91 Å². The van der Waals surface area contributed by atoms with Gasteiger partial charge in [-0.2, -0.15) is 0 Å². The first-order chi connectivity index (χ1) is 7.40. The van der Waals surface area contributed by atoms with E-state index in [0.717, 1.165) is 5.56 Å². The molecule has 1 heterocycles. The molecule has 0 aliphatic heterocycles. The summed E-state index contributed by atoms with van der Waals surface area (Å²) in [6, 6.07) is 1.84. The Kier molecular flexibility index (Phi) is 3.70. The second-order valence-electron chi connectivity index (χ2n) is 3.88. The average Bonchev–Trinajstić information content (AvgIpc) is 2.64. The molecule has 0 radical (unpaired) electrons. The smallest absolute Gasteiger partial charge is 0.329 e. The van der Waals surface area contributed by atoms with Crippen molar-refractivity contribution in [1.29, 1.82) is 0 Å². The summed E-state index contributed by atoms with van der Waals surface area (Å²) in [6.45, 7) is 5.07. The van der Waals surface area contributed by atoms with Crippen molar-refractivity contribution in [2.45, 2.75) is 32.7 Å². The van der Waals surface area contributed by atoms with Crippen LogP contribution in [0.5, 0.6) is 0 Å². The lowest BCUT2D eigenvalue weighted by Gasteiger charge is -2.24. The van der Waals surface area contributed by atoms with Crippen LogP contribution in [0.4, 0.5) is 0 Å². The van der Waals surface area contributed by atoms with Crippen LogP contribution in [0.2, 0.25) is 0 Å². The zero-order valence-corrected chi connectivity index (χ0v) is 10.4. The molecule has 88 valence electrons. The van der Waals surface area contributed by atoms with Gasteiger partial charge in [-0.15, -0.1) is 11.3 Å². The summed E-state index contributed by atoms with van der Waals surface area (Å²) in [7, 11) is 0. The molecular formula is C11H15NO3S. The molecule has 0 saturated heterocycles. The maximum atomic E-state index is 11.8. The van der Waals surface area contributed by atoms with Crippen LogP contribution >= 0.6 is 11.3 Å². The lowest BCUT2D eigenvalue weighted by Crippen LogP contribution is -2.51. The summed E-state index contributed by atoms with van der Waals surface area (Å²) in [6.07, 6.45) is 0.346. The Morgan fingerprint density at radius 2 is 2.19 bits per heavy atom. The largest absolute Gasteiger partial charge is 0.480 e. The van der Waals surface area contributed by atoms with Gasteiger partial charge in [0.1, 0.15) is 5.54 Å². The molecule has 1 unspecified atom stereocenters. The number of carboxylic acid groups (broad SMARTS) is 1. The Hall–Kier alpha value is -1.36. The summed E-state index contributed by atoms with van der Waals surface area (Å²) in [4.78, 5) is 23.4. The van der Waals surface area contributed by atoms with Gasteiger partial charge < -0.3 is 10.4 Å². The molecule has 0 spiro atoms. The fraction of sp³-hybridized carbons (Fsp3) is 0.455. The van der Waals surface area contributed by atoms with Crippen molar-refractivity contribution in [2.24, 2.45) is 0 Å². The highest BCUT2D eigenvalue weighted by atomic mass is 32.1. The van der Waals surface area contributed by atoms with E-state index in [9.17, 15) is 9.59 Å². The third kappa shape index (κ3) is 2.41. The maximum absolute atomic E-state index is 11.8. The van der Waals surface area contributed by atoms with Crippen LogP contribution in [0, 0.1) is 6.92 Å². The predicted octanol–water partition coefficient (Wildman–Crippen LogP) is 2.04. The number of nitrogens with one attached hydrogen (secondary N) is 1. The fourth-order valence-electron chi connectivity index (χ4n) is 1.21. The number of aliphatic carboxylic acids is 1. The Bertz CT molecular complexity index is 413. The first kappa shape index (κ1) is 12.7. The Morgan fingerprint density at radius 3 is 2.56 bits per heavy atom. The van der Waals surface area contributed by atoms with Gasteiger partial charge in [-0.1, -0.05) is 6.92 Å². The third-order valence-corrected chi connectivity index (χ3v) is 3.65. The monoisotopic (exact) mass is 241 g/mol. The minimum atomic E-state index is -1.20. The van der Waals surface area contributed by atoms with Crippen LogP contribution < -0.4 is 5.32 Å². The first-order valence-electron chi connectivity index (χ1n) is 5.00. The predicted molar refractivity (Wildman–Crippen MR) is 62.9 cm³/mol. The fourth-order valence-corrected chi connectivity index (χ4v) is 2.03. The van der Waals surface area contributed by atoms with Crippen LogP contribution in [0.25, 0.3) is 0 Å². The summed E-state index contributed by atoms with van der Waals surface area (Å²) in [5, 5.41) is 13.4. The van der Waals surface area contributed by atoms with Crippen LogP contribution in [-0.4, -0.2) is 22.5 Å². The van der Waals surface area contributed by atoms with Crippen LogP contribution in [0.1, 0.15) is 35.5 Å². The molecule has 0 aromatic carbocycles. The second-order valence-corrected chi connectivity index (χ2v) is 4.79. The summed E-state index contributed by atoms with van der Waals surface area (Å²) in [5.74, 6) is -1.34. The number of carboxylic acids is 1. The van der Waals surface area contributed by atoms with Crippen molar-refractivity contribution >= 4 is 23.2 Å². The molecule has 0 bridgehead atoms. The van der Waals surface area contributed by atoms with Gasteiger partial charge in [-0.05, 0) is 37.3 Å². The lowest BCUT2D eigenvalue weighted by atomic mass is 9.99. The van der Waals surface area contributed by atoms with E-state index in [1.165, 1.54) is 18.3 Å². The standard InChI is InChI=1S/C11H15NO3S/c1-4-11(3,10(14)15)12-9(13)8-7(2)5-6-16-8/h5-6H,4H2,1-3H3,(H,12,13)(H,14,15). The highest BCUT2D eigenvalue weighted by molar-refractivity contribution is 7.12. The summed E-state index contributed by atoms with van der Waals surface area (Å²) in [5.41, 5.74) is -0.334. The van der Waals surface area contributed by atoms with Gasteiger partial charge in [0, 0.05) is 0 Å². The minimum absolute atomic E-state index is 0.320. The molecule has 2 N–H and O–H groups in total. The molecular weight excluding hydrogens is 226 g/mol. The number of rotatable bonds is 4. The van der Waals surface area contributed by atoms with Gasteiger partial charge in [-0.3, -0.25) is 4.79 Å². The van der Waals surface area contributed by atoms with Crippen molar-refractivity contribution in [2.75, 3.05) is 0 Å². The highest BCUT2D eigenvalue weighted by Gasteiger charge is 2.33. The molecule has 1 rings (SSSR count). The number of hydrogen-bond acceptors (Lipinski definition) is 3. The molecule has 4 nitrogen and oxygen atoms in total. The summed E-state index contributed by atoms with van der Waals surface area (Å²) >= 11 is 1.32. The van der Waals surface area contributed by atoms with Crippen LogP contribution in [0.15, 0.2) is 11.4 Å². The van der Waals surface area contributed by atoms with Gasteiger partial charge in [0.2, 0.25) is 0 Å². The van der Waals surface area contributed by atoms with E-state index in [2.05, 4.69) is 5.32 Å². The third-order valence-electron chi connectivity index (χ3n) is 2.64. The van der Waals surface area contributed by atoms with E-state index < -0.39 is 11.5 Å². The molecule has 0 saturated carbocycles. The van der Waals surface area contributed by atoms with Crippen molar-refractivity contribution < 1.29 is 14.7 Å². The van der Waals surface area contributed by atoms with E-state index >= 15 is 0 Å². The number of aryl methyl sites for hydroxylation is 1. The van der Waals surface area contributed by atoms with E-state index in [4.69, 9.17) is 5.11 Å². The molecule has 0 aliphatic rings. The number of amides is 1. The number of thiophene rings is 1. The Labute approximate surface area is 98.3 Å². The first-order valence-corrected chi connectivity index (χ1v) is 5.88. The van der Waals surface area contributed by atoms with Gasteiger partial charge in [0.15, 0.2) is 0 Å². The topological polar surface area (TPSA) is 66.4 Å². The molecule has 1 aromatic heterocycles. The van der Waals surface area contributed by atoms with E-state index in [1.807, 2.05) is 18.4 Å². The molecule has 0 fully saturated rings. The van der Waals surface area contributed by atoms with Crippen molar-refractivity contribution in [3.8, 4) is 0 Å². The number of carbonyl (C=O) groups excluding carboxylic acids is 1. The number of carbonyl (C=O) groups is 2. The van der Waals surface area contributed by atoms with Crippen LogP contribution in [-0.2, 0) is 4.79 Å². The molecule has 16 heavy (non-hydrogen) atoms. The summed E-state index contributed by atoms with van der Waals surface area (Å²) < 4.78 is 0. The minimum Gasteiger partial charge on any atom is -0.480 e. The van der Waals surface area contributed by atoms with E-state index in [1.54, 1.807) is 6.92 Å². The maximum Gasteiger partial charge on any atom is 0.329 e. The zero-order valence-electron chi connectivity index (χ0n) is 9.53. The van der Waals surface area contributed by atoms with Crippen molar-refractivity contribution in [3.63, 3.8) is 0 Å². The van der Waals surface area contributed by atoms with Crippen molar-refractivity contribution in [3.05, 3.63) is 21.9 Å². The molecule has 5 heteroatoms. The zero-order chi connectivity index (χ0) is 12.3. The second kappa shape index (κ2) is 4.65. The van der Waals surface area contributed by atoms with E-state index in [0.29, 0.717) is 11.3 Å². The number of hydrogen-bond donors (Lipinski definition) is 2. The van der Waals surface area contributed by atoms with Gasteiger partial charge in [-0.25, -0.2) is 4.79 Å². The van der Waals surface area contributed by atoms with Crippen LogP contribution in [0.3, 0.4) is 0 Å². The van der Waals surface area contributed by atoms with Gasteiger partial charge in [0.25, 0.3) is 5.91 Å². The molecule has 1 amide bonds. The lowest BCUT2D eigenvalue weighted by molar-refractivity contribution is -0.143.